The summed E-state index contributed by atoms with van der Waals surface area (Å²) in [5.41, 5.74) is 0.703. The first-order valence-corrected chi connectivity index (χ1v) is 8.23. The van der Waals surface area contributed by atoms with Crippen molar-refractivity contribution >= 4 is 17.5 Å². The quantitative estimate of drug-likeness (QED) is 0.838. The van der Waals surface area contributed by atoms with E-state index in [0.29, 0.717) is 24.5 Å². The molecule has 1 aliphatic rings. The topological polar surface area (TPSA) is 63.0 Å². The first kappa shape index (κ1) is 17.1. The van der Waals surface area contributed by atoms with Gasteiger partial charge in [0.25, 0.3) is 0 Å². The second-order valence-electron chi connectivity index (χ2n) is 6.28. The zero-order valence-electron chi connectivity index (χ0n) is 14.7. The van der Waals surface area contributed by atoms with Gasteiger partial charge in [-0.3, -0.25) is 9.59 Å². The van der Waals surface area contributed by atoms with Crippen molar-refractivity contribution in [3.63, 3.8) is 0 Å². The van der Waals surface area contributed by atoms with Gasteiger partial charge in [0.05, 0.1) is 25.3 Å². The predicted octanol–water partition coefficient (Wildman–Crippen LogP) is 2.61. The molecule has 1 saturated heterocycles. The number of carbonyl (C=O) groups excluding carboxylic acids is 2. The highest BCUT2D eigenvalue weighted by atomic mass is 16.5. The molecule has 1 aromatic carbocycles. The molecule has 1 atom stereocenters. The Labute approximate surface area is 147 Å². The SMILES string of the molecule is COc1ccccc1N1C[C@H](C(=O)N(C)Cc2ccc(C)o2)CC1=O. The average Bonchev–Trinajstić information content (AvgIpc) is 3.19. The predicted molar refractivity (Wildman–Crippen MR) is 93.4 cm³/mol. The third kappa shape index (κ3) is 3.52. The maximum Gasteiger partial charge on any atom is 0.228 e. The standard InChI is InChI=1S/C19H22N2O4/c1-13-8-9-15(25-13)12-20(2)19(23)14-10-18(22)21(11-14)16-6-4-5-7-17(16)24-3/h4-9,14H,10-12H2,1-3H3/t14-/m1/s1. The van der Waals surface area contributed by atoms with E-state index in [-0.39, 0.29) is 24.2 Å². The molecule has 0 bridgehead atoms. The fraction of sp³-hybridized carbons (Fsp3) is 0.368. The van der Waals surface area contributed by atoms with Gasteiger partial charge < -0.3 is 19.0 Å². The molecule has 0 unspecified atom stereocenters. The molecule has 1 fully saturated rings. The van der Waals surface area contributed by atoms with Crippen LogP contribution in [0, 0.1) is 12.8 Å². The van der Waals surface area contributed by atoms with Crippen molar-refractivity contribution in [3.05, 3.63) is 47.9 Å². The average molecular weight is 342 g/mol. The molecule has 0 radical (unpaired) electrons. The summed E-state index contributed by atoms with van der Waals surface area (Å²) in [5.74, 6) is 1.69. The Balaban J connectivity index is 1.70. The monoisotopic (exact) mass is 342 g/mol. The number of benzene rings is 1. The van der Waals surface area contributed by atoms with Crippen LogP contribution in [0.3, 0.4) is 0 Å². The molecule has 0 aliphatic carbocycles. The summed E-state index contributed by atoms with van der Waals surface area (Å²) in [4.78, 5) is 28.4. The molecule has 2 amide bonds. The Hall–Kier alpha value is -2.76. The Bertz CT molecular complexity index is 783. The molecule has 2 aromatic rings. The van der Waals surface area contributed by atoms with E-state index in [4.69, 9.17) is 9.15 Å². The fourth-order valence-corrected chi connectivity index (χ4v) is 3.15. The Morgan fingerprint density at radius 3 is 2.76 bits per heavy atom. The van der Waals surface area contributed by atoms with E-state index < -0.39 is 0 Å². The summed E-state index contributed by atoms with van der Waals surface area (Å²) in [6.45, 7) is 2.62. The number of nitrogens with zero attached hydrogens (tertiary/aromatic N) is 2. The lowest BCUT2D eigenvalue weighted by atomic mass is 10.1. The van der Waals surface area contributed by atoms with E-state index in [1.54, 1.807) is 24.0 Å². The molecule has 1 aromatic heterocycles. The third-order valence-electron chi connectivity index (χ3n) is 4.42. The third-order valence-corrected chi connectivity index (χ3v) is 4.42. The van der Waals surface area contributed by atoms with E-state index >= 15 is 0 Å². The van der Waals surface area contributed by atoms with Gasteiger partial charge >= 0.3 is 0 Å². The summed E-state index contributed by atoms with van der Waals surface area (Å²) in [7, 11) is 3.30. The van der Waals surface area contributed by atoms with Crippen LogP contribution in [0.1, 0.15) is 17.9 Å². The van der Waals surface area contributed by atoms with E-state index in [9.17, 15) is 9.59 Å². The summed E-state index contributed by atoms with van der Waals surface area (Å²) in [6, 6.07) is 11.1. The first-order chi connectivity index (χ1) is 12.0. The van der Waals surface area contributed by atoms with Gasteiger partial charge in [-0.05, 0) is 31.2 Å². The van der Waals surface area contributed by atoms with Gasteiger partial charge in [-0.25, -0.2) is 0 Å². The molecule has 0 saturated carbocycles. The van der Waals surface area contributed by atoms with Gasteiger partial charge in [0.15, 0.2) is 0 Å². The highest BCUT2D eigenvalue weighted by molar-refractivity contribution is 6.01. The van der Waals surface area contributed by atoms with Gasteiger partial charge in [-0.15, -0.1) is 0 Å². The van der Waals surface area contributed by atoms with Crippen molar-refractivity contribution in [1.82, 2.24) is 4.90 Å². The summed E-state index contributed by atoms with van der Waals surface area (Å²) in [6.07, 6.45) is 0.207. The number of amides is 2. The van der Waals surface area contributed by atoms with Crippen LogP contribution in [0.15, 0.2) is 40.8 Å². The van der Waals surface area contributed by atoms with Gasteiger partial charge in [0.2, 0.25) is 11.8 Å². The lowest BCUT2D eigenvalue weighted by Crippen LogP contribution is -2.34. The van der Waals surface area contributed by atoms with Gasteiger partial charge in [-0.2, -0.15) is 0 Å². The number of furan rings is 1. The van der Waals surface area contributed by atoms with Crippen LogP contribution in [0.2, 0.25) is 0 Å². The molecule has 25 heavy (non-hydrogen) atoms. The molecule has 2 heterocycles. The summed E-state index contributed by atoms with van der Waals surface area (Å²) in [5, 5.41) is 0. The largest absolute Gasteiger partial charge is 0.495 e. The smallest absolute Gasteiger partial charge is 0.228 e. The van der Waals surface area contributed by atoms with E-state index in [1.165, 1.54) is 0 Å². The number of rotatable bonds is 5. The van der Waals surface area contributed by atoms with Crippen molar-refractivity contribution in [1.29, 1.82) is 0 Å². The summed E-state index contributed by atoms with van der Waals surface area (Å²) < 4.78 is 10.8. The zero-order chi connectivity index (χ0) is 18.0. The molecule has 1 aliphatic heterocycles. The molecule has 0 N–H and O–H groups in total. The van der Waals surface area contributed by atoms with E-state index in [0.717, 1.165) is 11.5 Å². The van der Waals surface area contributed by atoms with Crippen LogP contribution >= 0.6 is 0 Å². The van der Waals surface area contributed by atoms with Gasteiger partial charge in [0, 0.05) is 20.0 Å². The van der Waals surface area contributed by atoms with Crippen LogP contribution in [-0.2, 0) is 16.1 Å². The lowest BCUT2D eigenvalue weighted by Gasteiger charge is -2.21. The van der Waals surface area contributed by atoms with Gasteiger partial charge in [-0.1, -0.05) is 12.1 Å². The highest BCUT2D eigenvalue weighted by Crippen LogP contribution is 2.33. The Kier molecular flexibility index (Phi) is 4.79. The van der Waals surface area contributed by atoms with E-state index in [1.807, 2.05) is 43.3 Å². The normalized spacial score (nSPS) is 17.0. The first-order valence-electron chi connectivity index (χ1n) is 8.23. The zero-order valence-corrected chi connectivity index (χ0v) is 14.7. The second kappa shape index (κ2) is 7.01. The second-order valence-corrected chi connectivity index (χ2v) is 6.28. The minimum absolute atomic E-state index is 0.0557. The van der Waals surface area contributed by atoms with E-state index in [2.05, 4.69) is 0 Å². The number of ether oxygens (including phenoxy) is 1. The van der Waals surface area contributed by atoms with Crippen LogP contribution < -0.4 is 9.64 Å². The number of carbonyl (C=O) groups is 2. The molecule has 132 valence electrons. The van der Waals surface area contributed by atoms with Crippen LogP contribution in [0.25, 0.3) is 0 Å². The van der Waals surface area contributed by atoms with Crippen LogP contribution in [0.5, 0.6) is 5.75 Å². The Morgan fingerprint density at radius 2 is 2.08 bits per heavy atom. The number of para-hydroxylation sites is 2. The lowest BCUT2D eigenvalue weighted by molar-refractivity contribution is -0.135. The molecular weight excluding hydrogens is 320 g/mol. The fourth-order valence-electron chi connectivity index (χ4n) is 3.15. The maximum atomic E-state index is 12.7. The van der Waals surface area contributed by atoms with Gasteiger partial charge in [0.1, 0.15) is 17.3 Å². The van der Waals surface area contributed by atoms with Crippen molar-refractivity contribution < 1.29 is 18.7 Å². The molecule has 6 heteroatoms. The number of hydrogen-bond donors (Lipinski definition) is 0. The molecule has 0 spiro atoms. The highest BCUT2D eigenvalue weighted by Gasteiger charge is 2.37. The number of aryl methyl sites for hydroxylation is 1. The maximum absolute atomic E-state index is 12.7. The minimum atomic E-state index is -0.363. The summed E-state index contributed by atoms with van der Waals surface area (Å²) >= 11 is 0. The van der Waals surface area contributed by atoms with Crippen molar-refractivity contribution in [2.45, 2.75) is 19.9 Å². The number of anilines is 1. The van der Waals surface area contributed by atoms with Crippen LogP contribution in [0.4, 0.5) is 5.69 Å². The van der Waals surface area contributed by atoms with Crippen molar-refractivity contribution in [2.75, 3.05) is 25.6 Å². The molecular formula is C19H22N2O4. The molecule has 6 nitrogen and oxygen atoms in total. The molecule has 3 rings (SSSR count). The van der Waals surface area contributed by atoms with Crippen molar-refractivity contribution in [3.8, 4) is 5.75 Å². The minimum Gasteiger partial charge on any atom is -0.495 e. The Morgan fingerprint density at radius 1 is 1.32 bits per heavy atom. The van der Waals surface area contributed by atoms with Crippen LogP contribution in [-0.4, -0.2) is 37.4 Å². The van der Waals surface area contributed by atoms with Crippen molar-refractivity contribution in [2.24, 2.45) is 5.92 Å². The number of hydrogen-bond acceptors (Lipinski definition) is 4. The number of methoxy groups -OCH3 is 1.